The van der Waals surface area contributed by atoms with Crippen LogP contribution in [0.2, 0.25) is 0 Å². The molecule has 0 N–H and O–H groups in total. The van der Waals surface area contributed by atoms with Gasteiger partial charge in [-0.25, -0.2) is 0 Å². The Morgan fingerprint density at radius 2 is 1.95 bits per heavy atom. The van der Waals surface area contributed by atoms with Gasteiger partial charge in [0.25, 0.3) is 0 Å². The molecule has 4 heteroatoms. The minimum Gasteiger partial charge on any atom is -0.611 e. The Morgan fingerprint density at radius 3 is 2.59 bits per heavy atom. The SMILES string of the molecule is CS/C(=C\c1ccc(C)cc1OCc1ccccc1)[S+](C)[O-]. The molecule has 2 aromatic carbocycles. The second-order valence-electron chi connectivity index (χ2n) is 4.94. The molecule has 1 unspecified atom stereocenters. The summed E-state index contributed by atoms with van der Waals surface area (Å²) in [6, 6.07) is 16.1. The maximum absolute atomic E-state index is 11.7. The Bertz CT molecular complexity index is 637. The quantitative estimate of drug-likeness (QED) is 0.724. The molecule has 0 saturated carbocycles. The molecule has 0 heterocycles. The van der Waals surface area contributed by atoms with Crippen molar-refractivity contribution in [3.05, 3.63) is 69.5 Å². The summed E-state index contributed by atoms with van der Waals surface area (Å²) in [5, 5.41) is 0. The van der Waals surface area contributed by atoms with Crippen molar-refractivity contribution in [3.63, 3.8) is 0 Å². The predicted molar refractivity (Wildman–Crippen MR) is 97.5 cm³/mol. The lowest BCUT2D eigenvalue weighted by atomic mass is 10.1. The lowest BCUT2D eigenvalue weighted by Gasteiger charge is -2.12. The molecule has 2 aromatic rings. The summed E-state index contributed by atoms with van der Waals surface area (Å²) in [4.78, 5) is 0. The fourth-order valence-corrected chi connectivity index (χ4v) is 3.48. The standard InChI is InChI=1S/C18H20O2S2/c1-14-9-10-16(12-18(21-2)22(3)19)17(11-14)20-13-15-7-5-4-6-8-15/h4-12H,13H2,1-3H3/b18-12+. The molecule has 2 rings (SSSR count). The number of benzene rings is 2. The first-order valence-electron chi connectivity index (χ1n) is 6.96. The van der Waals surface area contributed by atoms with Crippen molar-refractivity contribution in [3.8, 4) is 5.75 Å². The van der Waals surface area contributed by atoms with E-state index in [1.165, 1.54) is 11.8 Å². The molecule has 0 aliphatic carbocycles. The van der Waals surface area contributed by atoms with E-state index in [1.807, 2.05) is 67.8 Å². The van der Waals surface area contributed by atoms with Crippen LogP contribution in [-0.4, -0.2) is 17.1 Å². The van der Waals surface area contributed by atoms with E-state index in [0.717, 1.165) is 26.7 Å². The molecule has 22 heavy (non-hydrogen) atoms. The third kappa shape index (κ3) is 4.83. The second kappa shape index (κ2) is 8.32. The highest BCUT2D eigenvalue weighted by molar-refractivity contribution is 8.18. The van der Waals surface area contributed by atoms with Gasteiger partial charge < -0.3 is 9.29 Å². The van der Waals surface area contributed by atoms with Crippen molar-refractivity contribution < 1.29 is 9.29 Å². The van der Waals surface area contributed by atoms with Crippen LogP contribution in [-0.2, 0) is 17.8 Å². The van der Waals surface area contributed by atoms with Crippen molar-refractivity contribution in [2.45, 2.75) is 13.5 Å². The van der Waals surface area contributed by atoms with Gasteiger partial charge in [-0.15, -0.1) is 0 Å². The molecule has 116 valence electrons. The molecule has 0 bridgehead atoms. The molecule has 0 saturated heterocycles. The summed E-state index contributed by atoms with van der Waals surface area (Å²) in [6.07, 6.45) is 5.58. The highest BCUT2D eigenvalue weighted by atomic mass is 32.3. The van der Waals surface area contributed by atoms with Crippen molar-refractivity contribution in [2.24, 2.45) is 0 Å². The van der Waals surface area contributed by atoms with Gasteiger partial charge in [-0.05, 0) is 41.5 Å². The molecule has 0 aliphatic heterocycles. The van der Waals surface area contributed by atoms with Crippen LogP contribution in [0.1, 0.15) is 16.7 Å². The number of aryl methyl sites for hydroxylation is 1. The molecule has 0 spiro atoms. The van der Waals surface area contributed by atoms with E-state index < -0.39 is 11.2 Å². The number of hydrogen-bond acceptors (Lipinski definition) is 3. The van der Waals surface area contributed by atoms with Gasteiger partial charge in [0.2, 0.25) is 0 Å². The molecule has 0 aromatic heterocycles. The minimum absolute atomic E-state index is 0.523. The highest BCUT2D eigenvalue weighted by Gasteiger charge is 2.10. The normalized spacial score (nSPS) is 13.0. The van der Waals surface area contributed by atoms with E-state index in [0.29, 0.717) is 6.61 Å². The van der Waals surface area contributed by atoms with Crippen LogP contribution in [0, 0.1) is 6.92 Å². The summed E-state index contributed by atoms with van der Waals surface area (Å²) in [7, 11) is 0. The number of thioether (sulfide) groups is 1. The number of ether oxygens (including phenoxy) is 1. The van der Waals surface area contributed by atoms with Gasteiger partial charge in [0.15, 0.2) is 4.24 Å². The Balaban J connectivity index is 2.24. The first-order chi connectivity index (χ1) is 10.6. The number of rotatable bonds is 6. The van der Waals surface area contributed by atoms with Crippen molar-refractivity contribution in [1.82, 2.24) is 0 Å². The van der Waals surface area contributed by atoms with Crippen LogP contribution in [0.15, 0.2) is 52.8 Å². The van der Waals surface area contributed by atoms with Crippen LogP contribution in [0.5, 0.6) is 5.75 Å². The maximum Gasteiger partial charge on any atom is 0.186 e. The van der Waals surface area contributed by atoms with Crippen LogP contribution in [0.3, 0.4) is 0 Å². The highest BCUT2D eigenvalue weighted by Crippen LogP contribution is 2.28. The predicted octanol–water partition coefficient (Wildman–Crippen LogP) is 4.61. The lowest BCUT2D eigenvalue weighted by Crippen LogP contribution is -2.00. The van der Waals surface area contributed by atoms with Gasteiger partial charge in [-0.3, -0.25) is 0 Å². The van der Waals surface area contributed by atoms with Crippen LogP contribution in [0.25, 0.3) is 6.08 Å². The molecule has 0 fully saturated rings. The molecular formula is C18H20O2S2. The van der Waals surface area contributed by atoms with Crippen molar-refractivity contribution in [1.29, 1.82) is 0 Å². The van der Waals surface area contributed by atoms with Crippen molar-refractivity contribution >= 4 is 29.0 Å². The summed E-state index contributed by atoms with van der Waals surface area (Å²) < 4.78 is 18.5. The minimum atomic E-state index is -0.989. The van der Waals surface area contributed by atoms with E-state index in [1.54, 1.807) is 6.26 Å². The second-order valence-corrected chi connectivity index (χ2v) is 7.39. The fourth-order valence-electron chi connectivity index (χ4n) is 2.01. The van der Waals surface area contributed by atoms with Gasteiger partial charge in [-0.1, -0.05) is 54.2 Å². The Labute approximate surface area is 139 Å². The summed E-state index contributed by atoms with van der Waals surface area (Å²) in [6.45, 7) is 2.56. The molecular weight excluding hydrogens is 312 g/mol. The van der Waals surface area contributed by atoms with E-state index in [9.17, 15) is 4.55 Å². The Kier molecular flexibility index (Phi) is 6.43. The van der Waals surface area contributed by atoms with Crippen LogP contribution in [0.4, 0.5) is 0 Å². The van der Waals surface area contributed by atoms with Gasteiger partial charge in [0, 0.05) is 11.6 Å². The van der Waals surface area contributed by atoms with E-state index in [2.05, 4.69) is 0 Å². The zero-order valence-electron chi connectivity index (χ0n) is 13.0. The third-order valence-corrected chi connectivity index (χ3v) is 5.57. The fraction of sp³-hybridized carbons (Fsp3) is 0.222. The van der Waals surface area contributed by atoms with Gasteiger partial charge in [0.1, 0.15) is 18.6 Å². The van der Waals surface area contributed by atoms with Gasteiger partial charge in [0.05, 0.1) is 0 Å². The van der Waals surface area contributed by atoms with Gasteiger partial charge in [-0.2, -0.15) is 0 Å². The van der Waals surface area contributed by atoms with E-state index in [-0.39, 0.29) is 0 Å². The summed E-state index contributed by atoms with van der Waals surface area (Å²) in [5.74, 6) is 0.820. The lowest BCUT2D eigenvalue weighted by molar-refractivity contribution is 0.305. The molecule has 0 amide bonds. The Hall–Kier alpha value is -1.36. The monoisotopic (exact) mass is 332 g/mol. The number of hydrogen-bond donors (Lipinski definition) is 0. The first kappa shape index (κ1) is 17.0. The topological polar surface area (TPSA) is 32.3 Å². The molecule has 2 nitrogen and oxygen atoms in total. The zero-order chi connectivity index (χ0) is 15.9. The van der Waals surface area contributed by atoms with E-state index in [4.69, 9.17) is 4.74 Å². The average Bonchev–Trinajstić information content (AvgIpc) is 2.52. The van der Waals surface area contributed by atoms with E-state index >= 15 is 0 Å². The molecule has 1 atom stereocenters. The first-order valence-corrected chi connectivity index (χ1v) is 9.75. The summed E-state index contributed by atoms with van der Waals surface area (Å²) >= 11 is 0.517. The largest absolute Gasteiger partial charge is 0.611 e. The zero-order valence-corrected chi connectivity index (χ0v) is 14.7. The van der Waals surface area contributed by atoms with Crippen LogP contribution < -0.4 is 4.74 Å². The van der Waals surface area contributed by atoms with Crippen LogP contribution >= 0.6 is 11.8 Å². The van der Waals surface area contributed by atoms with Gasteiger partial charge >= 0.3 is 0 Å². The van der Waals surface area contributed by atoms with Crippen molar-refractivity contribution in [2.75, 3.05) is 12.5 Å². The smallest absolute Gasteiger partial charge is 0.186 e. The third-order valence-electron chi connectivity index (χ3n) is 3.16. The molecule has 0 radical (unpaired) electrons. The average molecular weight is 332 g/mol. The summed E-state index contributed by atoms with van der Waals surface area (Å²) in [5.41, 5.74) is 3.23. The maximum atomic E-state index is 11.7. The Morgan fingerprint density at radius 1 is 1.23 bits per heavy atom. The molecule has 0 aliphatic rings.